The van der Waals surface area contributed by atoms with Crippen molar-refractivity contribution in [3.63, 3.8) is 0 Å². The second-order valence-corrected chi connectivity index (χ2v) is 7.06. The molecule has 15 heavy (non-hydrogen) atoms. The van der Waals surface area contributed by atoms with E-state index in [4.69, 9.17) is 0 Å². The highest BCUT2D eigenvalue weighted by atomic mass is 16.1. The molecule has 1 heteroatoms. The van der Waals surface area contributed by atoms with Gasteiger partial charge < -0.3 is 0 Å². The minimum atomic E-state index is 0.0261. The van der Waals surface area contributed by atoms with Gasteiger partial charge in [-0.2, -0.15) is 0 Å². The van der Waals surface area contributed by atoms with Crippen LogP contribution in [-0.4, -0.2) is 5.78 Å². The first kappa shape index (κ1) is 9.86. The van der Waals surface area contributed by atoms with Crippen molar-refractivity contribution in [3.05, 3.63) is 0 Å². The fourth-order valence-electron chi connectivity index (χ4n) is 5.72. The molecule has 4 aliphatic carbocycles. The van der Waals surface area contributed by atoms with E-state index in [0.29, 0.717) is 11.7 Å². The molecular weight excluding hydrogens is 184 g/mol. The number of carbonyl (C=O) groups is 1. The average molecular weight is 206 g/mol. The van der Waals surface area contributed by atoms with Gasteiger partial charge in [0.15, 0.2) is 0 Å². The van der Waals surface area contributed by atoms with Crippen LogP contribution in [0.5, 0.6) is 0 Å². The van der Waals surface area contributed by atoms with Crippen molar-refractivity contribution in [2.75, 3.05) is 0 Å². The van der Waals surface area contributed by atoms with E-state index in [1.165, 1.54) is 6.42 Å². The summed E-state index contributed by atoms with van der Waals surface area (Å²) < 4.78 is 0. The molecule has 6 unspecified atom stereocenters. The molecule has 6 atom stereocenters. The Hall–Kier alpha value is -0.330. The number of fused-ring (bicyclic) bond motifs is 1. The molecule has 0 radical (unpaired) electrons. The lowest BCUT2D eigenvalue weighted by Gasteiger charge is -2.56. The molecule has 0 N–H and O–H groups in total. The number of hydrogen-bond donors (Lipinski definition) is 0. The molecule has 0 heterocycles. The minimum Gasteiger partial charge on any atom is -0.298 e. The highest BCUT2D eigenvalue weighted by Crippen LogP contribution is 2.68. The number of carbonyl (C=O) groups excluding carboxylic acids is 1. The highest BCUT2D eigenvalue weighted by molar-refractivity contribution is 5.92. The van der Waals surface area contributed by atoms with Gasteiger partial charge in [0.05, 0.1) is 0 Å². The molecule has 0 aromatic heterocycles. The third-order valence-corrected chi connectivity index (χ3v) is 5.81. The maximum atomic E-state index is 12.6. The Labute approximate surface area is 92.6 Å². The second-order valence-electron chi connectivity index (χ2n) is 7.06. The minimum absolute atomic E-state index is 0.0261. The van der Waals surface area contributed by atoms with Crippen LogP contribution < -0.4 is 0 Å². The van der Waals surface area contributed by atoms with Crippen LogP contribution in [0.15, 0.2) is 0 Å². The summed E-state index contributed by atoms with van der Waals surface area (Å²) in [6.07, 6.45) is 3.48. The highest BCUT2D eigenvalue weighted by Gasteiger charge is 2.67. The molecule has 4 fully saturated rings. The topological polar surface area (TPSA) is 17.1 Å². The molecule has 4 bridgehead atoms. The van der Waals surface area contributed by atoms with Gasteiger partial charge in [-0.05, 0) is 42.9 Å². The zero-order valence-corrected chi connectivity index (χ0v) is 10.3. The molecule has 4 saturated carbocycles. The van der Waals surface area contributed by atoms with E-state index >= 15 is 0 Å². The number of Topliss-reactive ketones (excluding diaryl/α,β-unsaturated/α-hetero) is 1. The number of rotatable bonds is 0. The maximum Gasteiger partial charge on any atom is 0.144 e. The van der Waals surface area contributed by atoms with Gasteiger partial charge in [0.2, 0.25) is 0 Å². The zero-order valence-electron chi connectivity index (χ0n) is 10.3. The van der Waals surface area contributed by atoms with Crippen molar-refractivity contribution in [1.29, 1.82) is 0 Å². The predicted octanol–water partition coefficient (Wildman–Crippen LogP) is 3.28. The van der Waals surface area contributed by atoms with E-state index in [0.717, 1.165) is 30.6 Å². The molecule has 0 saturated heterocycles. The lowest BCUT2D eigenvalue weighted by molar-refractivity contribution is -0.160. The molecule has 1 nitrogen and oxygen atoms in total. The van der Waals surface area contributed by atoms with Crippen LogP contribution in [0.25, 0.3) is 0 Å². The van der Waals surface area contributed by atoms with Gasteiger partial charge in [0.1, 0.15) is 5.78 Å². The van der Waals surface area contributed by atoms with Gasteiger partial charge >= 0.3 is 0 Å². The standard InChI is InChI=1S/C14H22O/c1-8-6-14(4)11-9(2)5-13(3,12(14)15)7-10(8)11/h8-11H,5-7H2,1-4H3. The van der Waals surface area contributed by atoms with E-state index in [1.54, 1.807) is 0 Å². The molecule has 0 amide bonds. The normalized spacial score (nSPS) is 62.5. The molecule has 0 aromatic carbocycles. The fourth-order valence-corrected chi connectivity index (χ4v) is 5.72. The van der Waals surface area contributed by atoms with Crippen molar-refractivity contribution < 1.29 is 4.79 Å². The van der Waals surface area contributed by atoms with Crippen LogP contribution in [0.2, 0.25) is 0 Å². The summed E-state index contributed by atoms with van der Waals surface area (Å²) in [5, 5.41) is 0. The van der Waals surface area contributed by atoms with Crippen LogP contribution in [0.3, 0.4) is 0 Å². The first-order valence-electron chi connectivity index (χ1n) is 6.43. The molecular formula is C14H22O. The third kappa shape index (κ3) is 0.933. The summed E-state index contributed by atoms with van der Waals surface area (Å²) >= 11 is 0. The molecule has 0 spiro atoms. The van der Waals surface area contributed by atoms with Gasteiger partial charge in [-0.1, -0.05) is 27.7 Å². The van der Waals surface area contributed by atoms with Gasteiger partial charge in [0, 0.05) is 10.8 Å². The largest absolute Gasteiger partial charge is 0.298 e. The molecule has 0 aliphatic heterocycles. The SMILES string of the molecule is CC1CC2(C)C(=O)C3(C)CC(C)C2C1C3. The van der Waals surface area contributed by atoms with Crippen molar-refractivity contribution in [2.45, 2.75) is 47.0 Å². The fraction of sp³-hybridized carbons (Fsp3) is 0.929. The summed E-state index contributed by atoms with van der Waals surface area (Å²) in [5.74, 6) is 3.66. The predicted molar refractivity (Wildman–Crippen MR) is 60.4 cm³/mol. The molecule has 0 aromatic rings. The van der Waals surface area contributed by atoms with Crippen LogP contribution in [0, 0.1) is 34.5 Å². The van der Waals surface area contributed by atoms with Gasteiger partial charge in [-0.15, -0.1) is 0 Å². The Morgan fingerprint density at radius 3 is 2.40 bits per heavy atom. The summed E-state index contributed by atoms with van der Waals surface area (Å²) in [5.41, 5.74) is 0.0626. The molecule has 84 valence electrons. The van der Waals surface area contributed by atoms with E-state index < -0.39 is 0 Å². The summed E-state index contributed by atoms with van der Waals surface area (Å²) in [7, 11) is 0. The smallest absolute Gasteiger partial charge is 0.144 e. The third-order valence-electron chi connectivity index (χ3n) is 5.81. The van der Waals surface area contributed by atoms with Crippen LogP contribution in [0.4, 0.5) is 0 Å². The Balaban J connectivity index is 2.15. The summed E-state index contributed by atoms with van der Waals surface area (Å²) in [4.78, 5) is 12.6. The van der Waals surface area contributed by atoms with Crippen LogP contribution in [-0.2, 0) is 4.79 Å². The van der Waals surface area contributed by atoms with Crippen LogP contribution in [0.1, 0.15) is 47.0 Å². The average Bonchev–Trinajstić information content (AvgIpc) is 2.34. The second kappa shape index (κ2) is 2.49. The Morgan fingerprint density at radius 2 is 1.73 bits per heavy atom. The zero-order chi connectivity index (χ0) is 11.0. The first-order valence-corrected chi connectivity index (χ1v) is 6.43. The van der Waals surface area contributed by atoms with E-state index in [2.05, 4.69) is 27.7 Å². The Morgan fingerprint density at radius 1 is 1.07 bits per heavy atom. The van der Waals surface area contributed by atoms with Gasteiger partial charge in [-0.3, -0.25) is 4.79 Å². The van der Waals surface area contributed by atoms with Crippen LogP contribution >= 0.6 is 0 Å². The van der Waals surface area contributed by atoms with Crippen molar-refractivity contribution in [2.24, 2.45) is 34.5 Å². The van der Waals surface area contributed by atoms with Gasteiger partial charge in [0.25, 0.3) is 0 Å². The Kier molecular flexibility index (Phi) is 1.64. The molecule has 4 rings (SSSR count). The lowest BCUT2D eigenvalue weighted by Crippen LogP contribution is -2.56. The lowest BCUT2D eigenvalue weighted by atomic mass is 9.47. The van der Waals surface area contributed by atoms with Crippen molar-refractivity contribution in [3.8, 4) is 0 Å². The summed E-state index contributed by atoms with van der Waals surface area (Å²) in [6.45, 7) is 9.21. The quantitative estimate of drug-likeness (QED) is 0.594. The van der Waals surface area contributed by atoms with E-state index in [-0.39, 0.29) is 10.8 Å². The number of ketones is 1. The van der Waals surface area contributed by atoms with E-state index in [9.17, 15) is 4.79 Å². The summed E-state index contributed by atoms with van der Waals surface area (Å²) in [6, 6.07) is 0. The monoisotopic (exact) mass is 206 g/mol. The maximum absolute atomic E-state index is 12.6. The van der Waals surface area contributed by atoms with Crippen molar-refractivity contribution in [1.82, 2.24) is 0 Å². The Bertz CT molecular complexity index is 334. The van der Waals surface area contributed by atoms with E-state index in [1.807, 2.05) is 0 Å². The van der Waals surface area contributed by atoms with Crippen molar-refractivity contribution >= 4 is 5.78 Å². The first-order chi connectivity index (χ1) is 6.88. The number of hydrogen-bond acceptors (Lipinski definition) is 1. The van der Waals surface area contributed by atoms with Gasteiger partial charge in [-0.25, -0.2) is 0 Å². The molecule has 4 aliphatic rings.